The molecule has 3 nitrogen and oxygen atoms in total. The fraction of sp³-hybridized carbons (Fsp3) is 1.00. The smallest absolute Gasteiger partial charge is 0.150 e. The molecule has 0 aliphatic heterocycles. The molecule has 20 heavy (non-hydrogen) atoms. The van der Waals surface area contributed by atoms with Gasteiger partial charge >= 0.3 is 0 Å². The fourth-order valence-electron chi connectivity index (χ4n) is 3.23. The average Bonchev–Trinajstić information content (AvgIpc) is 2.86. The molecule has 1 aliphatic rings. The van der Waals surface area contributed by atoms with Crippen LogP contribution in [0.4, 0.5) is 0 Å². The van der Waals surface area contributed by atoms with Gasteiger partial charge in [0.15, 0.2) is 0 Å². The summed E-state index contributed by atoms with van der Waals surface area (Å²) in [4.78, 5) is 0. The van der Waals surface area contributed by atoms with E-state index in [4.69, 9.17) is 0 Å². The van der Waals surface area contributed by atoms with E-state index in [2.05, 4.69) is 19.2 Å². The predicted molar refractivity (Wildman–Crippen MR) is 86.7 cm³/mol. The minimum atomic E-state index is -2.83. The Balaban J connectivity index is 2.45. The molecule has 0 saturated heterocycles. The molecule has 0 spiro atoms. The molecular formula is C16H33NO2S. The predicted octanol–water partition coefficient (Wildman–Crippen LogP) is 3.25. The highest BCUT2D eigenvalue weighted by molar-refractivity contribution is 7.91. The van der Waals surface area contributed by atoms with Crippen LogP contribution in [0.25, 0.3) is 0 Å². The topological polar surface area (TPSA) is 46.2 Å². The monoisotopic (exact) mass is 303 g/mol. The van der Waals surface area contributed by atoms with Gasteiger partial charge in [0.05, 0.1) is 5.75 Å². The van der Waals surface area contributed by atoms with E-state index in [0.29, 0.717) is 23.3 Å². The van der Waals surface area contributed by atoms with Crippen molar-refractivity contribution in [3.8, 4) is 0 Å². The first-order chi connectivity index (χ1) is 9.44. The zero-order valence-electron chi connectivity index (χ0n) is 13.5. The summed E-state index contributed by atoms with van der Waals surface area (Å²) in [6, 6.07) is 0. The van der Waals surface area contributed by atoms with E-state index in [1.807, 2.05) is 6.92 Å². The zero-order valence-corrected chi connectivity index (χ0v) is 14.3. The summed E-state index contributed by atoms with van der Waals surface area (Å²) in [6.07, 6.45) is 6.82. The van der Waals surface area contributed by atoms with Gasteiger partial charge in [-0.05, 0) is 43.7 Å². The first-order valence-electron chi connectivity index (χ1n) is 8.35. The van der Waals surface area contributed by atoms with E-state index in [0.717, 1.165) is 31.8 Å². The molecule has 0 radical (unpaired) electrons. The van der Waals surface area contributed by atoms with Crippen LogP contribution in [-0.4, -0.2) is 33.0 Å². The third-order valence-corrected chi connectivity index (χ3v) is 6.23. The molecule has 0 amide bonds. The number of sulfone groups is 1. The van der Waals surface area contributed by atoms with Crippen molar-refractivity contribution in [2.24, 2.45) is 17.8 Å². The summed E-state index contributed by atoms with van der Waals surface area (Å²) in [5, 5.41) is 3.54. The molecule has 1 saturated carbocycles. The SMILES string of the molecule is CCCS(=O)(=O)CCC(CNCC(C)C)C1CCCC1. The van der Waals surface area contributed by atoms with Crippen molar-refractivity contribution in [3.05, 3.63) is 0 Å². The first kappa shape index (κ1) is 18.0. The normalized spacial score (nSPS) is 18.8. The lowest BCUT2D eigenvalue weighted by atomic mass is 9.88. The molecule has 1 rings (SSSR count). The van der Waals surface area contributed by atoms with Gasteiger partial charge in [0.1, 0.15) is 9.84 Å². The summed E-state index contributed by atoms with van der Waals surface area (Å²) in [7, 11) is -2.83. The molecule has 0 aromatic rings. The lowest BCUT2D eigenvalue weighted by molar-refractivity contribution is 0.310. The van der Waals surface area contributed by atoms with E-state index in [1.54, 1.807) is 0 Å². The van der Waals surface area contributed by atoms with Crippen LogP contribution in [0.15, 0.2) is 0 Å². The maximum absolute atomic E-state index is 11.9. The van der Waals surface area contributed by atoms with Crippen molar-refractivity contribution in [1.29, 1.82) is 0 Å². The Kier molecular flexibility index (Phi) is 8.11. The fourth-order valence-corrected chi connectivity index (χ4v) is 4.72. The van der Waals surface area contributed by atoms with Crippen LogP contribution < -0.4 is 5.32 Å². The van der Waals surface area contributed by atoms with E-state index in [-0.39, 0.29) is 0 Å². The molecule has 0 bridgehead atoms. The number of hydrogen-bond donors (Lipinski definition) is 1. The van der Waals surface area contributed by atoms with Gasteiger partial charge in [-0.2, -0.15) is 0 Å². The molecule has 1 fully saturated rings. The average molecular weight is 304 g/mol. The maximum Gasteiger partial charge on any atom is 0.150 e. The van der Waals surface area contributed by atoms with Gasteiger partial charge in [0.25, 0.3) is 0 Å². The summed E-state index contributed by atoms with van der Waals surface area (Å²) in [5.41, 5.74) is 0. The van der Waals surface area contributed by atoms with Crippen LogP contribution in [0.2, 0.25) is 0 Å². The first-order valence-corrected chi connectivity index (χ1v) is 10.2. The van der Waals surface area contributed by atoms with Crippen molar-refractivity contribution in [2.45, 2.75) is 59.3 Å². The molecular weight excluding hydrogens is 270 g/mol. The third-order valence-electron chi connectivity index (χ3n) is 4.34. The van der Waals surface area contributed by atoms with Crippen LogP contribution in [0.3, 0.4) is 0 Å². The molecule has 1 unspecified atom stereocenters. The Bertz CT molecular complexity index is 345. The number of rotatable bonds is 10. The highest BCUT2D eigenvalue weighted by Gasteiger charge is 2.26. The minimum absolute atomic E-state index is 0.351. The molecule has 1 aliphatic carbocycles. The van der Waals surface area contributed by atoms with Gasteiger partial charge in [0, 0.05) is 5.75 Å². The largest absolute Gasteiger partial charge is 0.316 e. The van der Waals surface area contributed by atoms with Crippen LogP contribution in [-0.2, 0) is 9.84 Å². The van der Waals surface area contributed by atoms with Gasteiger partial charge < -0.3 is 5.32 Å². The molecule has 0 aromatic heterocycles. The van der Waals surface area contributed by atoms with Crippen molar-refractivity contribution in [1.82, 2.24) is 5.32 Å². The van der Waals surface area contributed by atoms with E-state index in [9.17, 15) is 8.42 Å². The molecule has 0 heterocycles. The summed E-state index contributed by atoms with van der Waals surface area (Å²) >= 11 is 0. The minimum Gasteiger partial charge on any atom is -0.316 e. The lowest BCUT2D eigenvalue weighted by Crippen LogP contribution is -2.31. The zero-order chi connectivity index (χ0) is 15.0. The van der Waals surface area contributed by atoms with Crippen LogP contribution in [0, 0.1) is 17.8 Å². The Morgan fingerprint density at radius 1 is 1.10 bits per heavy atom. The second-order valence-corrected chi connectivity index (χ2v) is 9.10. The highest BCUT2D eigenvalue weighted by atomic mass is 32.2. The van der Waals surface area contributed by atoms with Crippen LogP contribution in [0.1, 0.15) is 59.3 Å². The quantitative estimate of drug-likeness (QED) is 0.674. The van der Waals surface area contributed by atoms with Crippen LogP contribution >= 0.6 is 0 Å². The third kappa shape index (κ3) is 7.07. The highest BCUT2D eigenvalue weighted by Crippen LogP contribution is 2.33. The van der Waals surface area contributed by atoms with Crippen molar-refractivity contribution < 1.29 is 8.42 Å². The van der Waals surface area contributed by atoms with Gasteiger partial charge in [-0.3, -0.25) is 0 Å². The Morgan fingerprint density at radius 3 is 2.30 bits per heavy atom. The second kappa shape index (κ2) is 9.04. The van der Waals surface area contributed by atoms with E-state index in [1.165, 1.54) is 25.7 Å². The Morgan fingerprint density at radius 2 is 1.75 bits per heavy atom. The molecule has 120 valence electrons. The maximum atomic E-state index is 11.9. The van der Waals surface area contributed by atoms with Crippen molar-refractivity contribution in [3.63, 3.8) is 0 Å². The van der Waals surface area contributed by atoms with Gasteiger partial charge in [-0.25, -0.2) is 8.42 Å². The van der Waals surface area contributed by atoms with Gasteiger partial charge in [-0.1, -0.05) is 46.5 Å². The number of nitrogens with one attached hydrogen (secondary N) is 1. The summed E-state index contributed by atoms with van der Waals surface area (Å²) in [5.74, 6) is 2.67. The van der Waals surface area contributed by atoms with E-state index >= 15 is 0 Å². The standard InChI is InChI=1S/C16H33NO2S/c1-4-10-20(18,19)11-9-16(13-17-12-14(2)3)15-7-5-6-8-15/h14-17H,4-13H2,1-3H3. The van der Waals surface area contributed by atoms with Gasteiger partial charge in [-0.15, -0.1) is 0 Å². The molecule has 0 aromatic carbocycles. The number of hydrogen-bond acceptors (Lipinski definition) is 3. The second-order valence-electron chi connectivity index (χ2n) is 6.80. The van der Waals surface area contributed by atoms with Crippen molar-refractivity contribution in [2.75, 3.05) is 24.6 Å². The van der Waals surface area contributed by atoms with Crippen LogP contribution in [0.5, 0.6) is 0 Å². The molecule has 4 heteroatoms. The van der Waals surface area contributed by atoms with Crippen molar-refractivity contribution >= 4 is 9.84 Å². The summed E-state index contributed by atoms with van der Waals surface area (Å²) in [6.45, 7) is 8.39. The molecule has 1 atom stereocenters. The van der Waals surface area contributed by atoms with Gasteiger partial charge in [0.2, 0.25) is 0 Å². The summed E-state index contributed by atoms with van der Waals surface area (Å²) < 4.78 is 23.8. The Labute approximate surface area is 125 Å². The molecule has 1 N–H and O–H groups in total. The van der Waals surface area contributed by atoms with E-state index < -0.39 is 9.84 Å². The Hall–Kier alpha value is -0.0900. The lowest BCUT2D eigenvalue weighted by Gasteiger charge is -2.24.